The molecule has 1 aliphatic heterocycles. The average molecular weight is 316 g/mol. The van der Waals surface area contributed by atoms with Gasteiger partial charge >= 0.3 is 6.18 Å². The van der Waals surface area contributed by atoms with Crippen molar-refractivity contribution in [1.82, 2.24) is 9.80 Å². The highest BCUT2D eigenvalue weighted by atomic mass is 19.4. The molecule has 122 valence electrons. The van der Waals surface area contributed by atoms with Gasteiger partial charge in [0.1, 0.15) is 0 Å². The van der Waals surface area contributed by atoms with Crippen molar-refractivity contribution in [3.05, 3.63) is 35.4 Å². The number of halogens is 3. The molecule has 4 nitrogen and oxygen atoms in total. The van der Waals surface area contributed by atoms with E-state index in [0.29, 0.717) is 6.54 Å². The fraction of sp³-hybridized carbons (Fsp3) is 0.533. The number of alkyl halides is 3. The molecular weight excluding hydrogens is 297 g/mol. The average Bonchev–Trinajstić information content (AvgIpc) is 2.90. The third kappa shape index (κ3) is 3.25. The van der Waals surface area contributed by atoms with Crippen LogP contribution in [0.1, 0.15) is 15.9 Å². The van der Waals surface area contributed by atoms with Crippen LogP contribution in [0.15, 0.2) is 24.3 Å². The number of likely N-dealkylation sites (N-methyl/N-ethyl adjacent to an activating group) is 1. The number of hydrogen-bond acceptors (Lipinski definition) is 3. The molecule has 2 rings (SSSR count). The minimum absolute atomic E-state index is 0.0630. The van der Waals surface area contributed by atoms with E-state index in [4.69, 9.17) is 0 Å². The number of aliphatic hydroxyl groups is 1. The second-order valence-electron chi connectivity index (χ2n) is 5.73. The fourth-order valence-corrected chi connectivity index (χ4v) is 2.87. The van der Waals surface area contributed by atoms with Gasteiger partial charge in [-0.25, -0.2) is 0 Å². The zero-order valence-corrected chi connectivity index (χ0v) is 12.5. The summed E-state index contributed by atoms with van der Waals surface area (Å²) >= 11 is 0. The largest absolute Gasteiger partial charge is 0.417 e. The topological polar surface area (TPSA) is 43.8 Å². The maximum Gasteiger partial charge on any atom is 0.417 e. The van der Waals surface area contributed by atoms with Gasteiger partial charge < -0.3 is 14.9 Å². The van der Waals surface area contributed by atoms with Crippen molar-refractivity contribution in [3.8, 4) is 0 Å². The lowest BCUT2D eigenvalue weighted by molar-refractivity contribution is -0.138. The van der Waals surface area contributed by atoms with Crippen LogP contribution >= 0.6 is 0 Å². The minimum atomic E-state index is -4.57. The van der Waals surface area contributed by atoms with Crippen LogP contribution in [-0.4, -0.2) is 60.6 Å². The van der Waals surface area contributed by atoms with Crippen LogP contribution < -0.4 is 0 Å². The van der Waals surface area contributed by atoms with Crippen LogP contribution in [0.5, 0.6) is 0 Å². The lowest BCUT2D eigenvalue weighted by Gasteiger charge is -2.23. The molecule has 2 atom stereocenters. The van der Waals surface area contributed by atoms with Crippen LogP contribution in [0.3, 0.4) is 0 Å². The quantitative estimate of drug-likeness (QED) is 0.923. The predicted molar refractivity (Wildman–Crippen MR) is 75.4 cm³/mol. The summed E-state index contributed by atoms with van der Waals surface area (Å²) in [7, 11) is 3.65. The van der Waals surface area contributed by atoms with E-state index in [9.17, 15) is 23.1 Å². The number of carbonyl (C=O) groups excluding carboxylic acids is 1. The van der Waals surface area contributed by atoms with Gasteiger partial charge in [0.15, 0.2) is 0 Å². The molecule has 0 saturated carbocycles. The molecule has 1 aromatic carbocycles. The molecule has 0 spiro atoms. The lowest BCUT2D eigenvalue weighted by Crippen LogP contribution is -2.37. The Hall–Kier alpha value is -1.60. The Balaban J connectivity index is 2.27. The van der Waals surface area contributed by atoms with E-state index in [1.807, 2.05) is 19.0 Å². The summed E-state index contributed by atoms with van der Waals surface area (Å²) in [6.07, 6.45) is -4.57. The van der Waals surface area contributed by atoms with Crippen LogP contribution in [0.25, 0.3) is 0 Å². The number of amides is 1. The van der Waals surface area contributed by atoms with E-state index in [-0.39, 0.29) is 30.7 Å². The lowest BCUT2D eigenvalue weighted by atomic mass is 10.0. The summed E-state index contributed by atoms with van der Waals surface area (Å²) in [5.74, 6) is -0.798. The summed E-state index contributed by atoms with van der Waals surface area (Å²) in [6, 6.07) is 4.74. The highest BCUT2D eigenvalue weighted by Crippen LogP contribution is 2.33. The first kappa shape index (κ1) is 16.8. The maximum absolute atomic E-state index is 13.0. The summed E-state index contributed by atoms with van der Waals surface area (Å²) in [4.78, 5) is 15.7. The molecule has 0 aromatic heterocycles. The second-order valence-corrected chi connectivity index (χ2v) is 5.73. The molecule has 1 saturated heterocycles. The minimum Gasteiger partial charge on any atom is -0.396 e. The summed E-state index contributed by atoms with van der Waals surface area (Å²) in [5, 5.41) is 9.39. The molecule has 1 aliphatic rings. The van der Waals surface area contributed by atoms with E-state index in [0.717, 1.165) is 6.07 Å². The maximum atomic E-state index is 13.0. The van der Waals surface area contributed by atoms with Crippen molar-refractivity contribution in [1.29, 1.82) is 0 Å². The first-order chi connectivity index (χ1) is 10.3. The molecule has 0 radical (unpaired) electrons. The third-order valence-electron chi connectivity index (χ3n) is 4.05. The molecule has 0 aliphatic carbocycles. The van der Waals surface area contributed by atoms with Gasteiger partial charge in [0.2, 0.25) is 0 Å². The number of likely N-dealkylation sites (tertiary alicyclic amines) is 1. The van der Waals surface area contributed by atoms with Gasteiger partial charge in [0, 0.05) is 31.7 Å². The van der Waals surface area contributed by atoms with Crippen LogP contribution in [0.2, 0.25) is 0 Å². The van der Waals surface area contributed by atoms with E-state index in [1.54, 1.807) is 0 Å². The fourth-order valence-electron chi connectivity index (χ4n) is 2.87. The molecule has 0 bridgehead atoms. The van der Waals surface area contributed by atoms with Gasteiger partial charge in [0.25, 0.3) is 5.91 Å². The van der Waals surface area contributed by atoms with Crippen LogP contribution in [0.4, 0.5) is 13.2 Å². The third-order valence-corrected chi connectivity index (χ3v) is 4.05. The van der Waals surface area contributed by atoms with Crippen molar-refractivity contribution in [2.24, 2.45) is 5.92 Å². The van der Waals surface area contributed by atoms with Gasteiger partial charge in [-0.15, -0.1) is 0 Å². The Morgan fingerprint density at radius 1 is 1.32 bits per heavy atom. The molecule has 1 fully saturated rings. The molecule has 1 amide bonds. The highest BCUT2D eigenvalue weighted by Gasteiger charge is 2.40. The van der Waals surface area contributed by atoms with Crippen molar-refractivity contribution in [3.63, 3.8) is 0 Å². The first-order valence-electron chi connectivity index (χ1n) is 6.98. The van der Waals surface area contributed by atoms with E-state index in [1.165, 1.54) is 23.1 Å². The van der Waals surface area contributed by atoms with E-state index < -0.39 is 17.6 Å². The van der Waals surface area contributed by atoms with Crippen LogP contribution in [0, 0.1) is 5.92 Å². The summed E-state index contributed by atoms with van der Waals surface area (Å²) in [6.45, 7) is 0.459. The number of aliphatic hydroxyl groups excluding tert-OH is 1. The number of nitrogens with zero attached hydrogens (tertiary/aromatic N) is 2. The molecule has 1 heterocycles. The summed E-state index contributed by atoms with van der Waals surface area (Å²) in [5.41, 5.74) is -1.26. The molecule has 0 unspecified atom stereocenters. The SMILES string of the molecule is CN(C)[C@@H]1CN(C(=O)c2ccccc2C(F)(F)F)C[C@H]1CO. The Kier molecular flexibility index (Phi) is 4.77. The normalized spacial score (nSPS) is 22.4. The predicted octanol–water partition coefficient (Wildman–Crippen LogP) is 1.70. The monoisotopic (exact) mass is 316 g/mol. The van der Waals surface area contributed by atoms with Gasteiger partial charge in [0.05, 0.1) is 11.1 Å². The highest BCUT2D eigenvalue weighted by molar-refractivity contribution is 5.96. The zero-order chi connectivity index (χ0) is 16.5. The van der Waals surface area contributed by atoms with Crippen molar-refractivity contribution in [2.45, 2.75) is 12.2 Å². The second kappa shape index (κ2) is 6.26. The Morgan fingerprint density at radius 3 is 2.45 bits per heavy atom. The van der Waals surface area contributed by atoms with Gasteiger partial charge in [-0.2, -0.15) is 13.2 Å². The van der Waals surface area contributed by atoms with Crippen molar-refractivity contribution in [2.75, 3.05) is 33.8 Å². The van der Waals surface area contributed by atoms with Gasteiger partial charge in [-0.3, -0.25) is 4.79 Å². The summed E-state index contributed by atoms with van der Waals surface area (Å²) < 4.78 is 39.1. The van der Waals surface area contributed by atoms with Crippen molar-refractivity contribution >= 4 is 5.91 Å². The van der Waals surface area contributed by atoms with E-state index in [2.05, 4.69) is 0 Å². The van der Waals surface area contributed by atoms with E-state index >= 15 is 0 Å². The molecular formula is C15H19F3N2O2. The van der Waals surface area contributed by atoms with Crippen LogP contribution in [-0.2, 0) is 6.18 Å². The first-order valence-corrected chi connectivity index (χ1v) is 6.98. The molecule has 7 heteroatoms. The van der Waals surface area contributed by atoms with Gasteiger partial charge in [-0.1, -0.05) is 12.1 Å². The Bertz CT molecular complexity index is 546. The number of hydrogen-bond donors (Lipinski definition) is 1. The molecule has 1 N–H and O–H groups in total. The number of carbonyl (C=O) groups is 1. The Morgan fingerprint density at radius 2 is 1.95 bits per heavy atom. The smallest absolute Gasteiger partial charge is 0.396 e. The zero-order valence-electron chi connectivity index (χ0n) is 12.5. The Labute approximate surface area is 127 Å². The standard InChI is InChI=1S/C15H19F3N2O2/c1-19(2)13-8-20(7-10(13)9-21)14(22)11-5-3-4-6-12(11)15(16,17)18/h3-6,10,13,21H,7-9H2,1-2H3/t10-,13+/m0/s1. The number of rotatable bonds is 3. The molecule has 22 heavy (non-hydrogen) atoms. The van der Waals surface area contributed by atoms with Gasteiger partial charge in [-0.05, 0) is 26.2 Å². The molecule has 1 aromatic rings. The van der Waals surface area contributed by atoms with Crippen molar-refractivity contribution < 1.29 is 23.1 Å². The number of benzene rings is 1.